The van der Waals surface area contributed by atoms with E-state index >= 15 is 0 Å². The summed E-state index contributed by atoms with van der Waals surface area (Å²) in [5.74, 6) is -3.21. The highest BCUT2D eigenvalue weighted by atomic mass is 19.2. The summed E-state index contributed by atoms with van der Waals surface area (Å²) in [5.41, 5.74) is 4.17. The number of halogens is 2. The van der Waals surface area contributed by atoms with E-state index in [0.29, 0.717) is 6.42 Å². The molecule has 1 unspecified atom stereocenters. The molecule has 2 amide bonds. The number of amides is 2. The minimum atomic E-state index is -1.19. The molecule has 4 rings (SSSR count). The molecule has 2 aromatic carbocycles. The number of aryl methyl sites for hydroxylation is 1. The normalized spacial score (nSPS) is 13.5. The zero-order valence-corrected chi connectivity index (χ0v) is 17.2. The van der Waals surface area contributed by atoms with Gasteiger partial charge in [-0.2, -0.15) is 5.10 Å². The number of fused-ring (bicyclic) bond motifs is 1. The molecular formula is C23H22F2N4O2. The van der Waals surface area contributed by atoms with Gasteiger partial charge in [-0.1, -0.05) is 23.8 Å². The van der Waals surface area contributed by atoms with Crippen LogP contribution in [-0.2, 0) is 17.6 Å². The maximum Gasteiger partial charge on any atom is 0.272 e. The van der Waals surface area contributed by atoms with Crippen LogP contribution >= 0.6 is 0 Å². The molecule has 1 atom stereocenters. The minimum Gasteiger partial charge on any atom is -0.357 e. The van der Waals surface area contributed by atoms with Gasteiger partial charge in [0.2, 0.25) is 5.91 Å². The van der Waals surface area contributed by atoms with E-state index in [1.54, 1.807) is 4.68 Å². The number of nitrogens with one attached hydrogen (secondary N) is 2. The second-order valence-electron chi connectivity index (χ2n) is 7.57. The molecule has 160 valence electrons. The van der Waals surface area contributed by atoms with Crippen molar-refractivity contribution in [3.05, 3.63) is 82.2 Å². The van der Waals surface area contributed by atoms with Crippen molar-refractivity contribution in [2.75, 3.05) is 7.05 Å². The first-order chi connectivity index (χ1) is 14.9. The number of aromatic nitrogens is 2. The Morgan fingerprint density at radius 2 is 1.81 bits per heavy atom. The summed E-state index contributed by atoms with van der Waals surface area (Å²) in [5, 5.41) is 9.62. The van der Waals surface area contributed by atoms with Crippen molar-refractivity contribution in [2.45, 2.75) is 32.2 Å². The van der Waals surface area contributed by atoms with Crippen LogP contribution in [0, 0.1) is 18.6 Å². The Kier molecular flexibility index (Phi) is 5.54. The molecule has 1 aromatic heterocycles. The maximum atomic E-state index is 13.7. The molecule has 0 spiro atoms. The van der Waals surface area contributed by atoms with Gasteiger partial charge in [-0.3, -0.25) is 9.59 Å². The summed E-state index contributed by atoms with van der Waals surface area (Å²) in [6.45, 7) is 1.99. The van der Waals surface area contributed by atoms with Gasteiger partial charge in [0.05, 0.1) is 5.69 Å². The predicted molar refractivity (Wildman–Crippen MR) is 111 cm³/mol. The van der Waals surface area contributed by atoms with E-state index in [0.717, 1.165) is 47.5 Å². The number of benzene rings is 2. The largest absolute Gasteiger partial charge is 0.357 e. The van der Waals surface area contributed by atoms with Gasteiger partial charge in [0.1, 0.15) is 6.04 Å². The van der Waals surface area contributed by atoms with Gasteiger partial charge in [0.15, 0.2) is 17.3 Å². The van der Waals surface area contributed by atoms with Crippen LogP contribution in [0.4, 0.5) is 8.78 Å². The second-order valence-corrected chi connectivity index (χ2v) is 7.57. The molecule has 0 saturated carbocycles. The Bertz CT molecular complexity index is 1160. The Morgan fingerprint density at radius 3 is 2.48 bits per heavy atom. The SMILES string of the molecule is CNC(=O)C(NC(=O)c1nn(-c2ccc(C)cc2)c2c1CCC2)c1ccc(F)c(F)c1. The van der Waals surface area contributed by atoms with Crippen LogP contribution in [0.1, 0.15) is 45.3 Å². The van der Waals surface area contributed by atoms with E-state index in [-0.39, 0.29) is 11.3 Å². The molecule has 8 heteroatoms. The lowest BCUT2D eigenvalue weighted by Crippen LogP contribution is -2.39. The summed E-state index contributed by atoms with van der Waals surface area (Å²) in [6, 6.07) is 9.75. The predicted octanol–water partition coefficient (Wildman–Crippen LogP) is 3.16. The first kappa shape index (κ1) is 20.7. The molecule has 0 aliphatic heterocycles. The van der Waals surface area contributed by atoms with Crippen LogP contribution < -0.4 is 10.6 Å². The standard InChI is InChI=1S/C23H22F2N4O2/c1-13-6-9-15(10-7-13)29-19-5-3-4-16(19)21(28-29)23(31)27-20(22(30)26-2)14-8-11-17(24)18(25)12-14/h6-12,20H,3-5H2,1-2H3,(H,26,30)(H,27,31). The fourth-order valence-corrected chi connectivity index (χ4v) is 3.86. The Morgan fingerprint density at radius 1 is 1.06 bits per heavy atom. The maximum absolute atomic E-state index is 13.7. The first-order valence-electron chi connectivity index (χ1n) is 10.0. The third-order valence-corrected chi connectivity index (χ3v) is 5.48. The molecule has 0 saturated heterocycles. The van der Waals surface area contributed by atoms with Crippen LogP contribution in [0.25, 0.3) is 5.69 Å². The fourth-order valence-electron chi connectivity index (χ4n) is 3.86. The number of likely N-dealkylation sites (N-methyl/N-ethyl adjacent to an activating group) is 1. The minimum absolute atomic E-state index is 0.140. The molecule has 0 bridgehead atoms. The van der Waals surface area contributed by atoms with Crippen molar-refractivity contribution in [1.82, 2.24) is 20.4 Å². The lowest BCUT2D eigenvalue weighted by atomic mass is 10.0. The Hall–Kier alpha value is -3.55. The highest BCUT2D eigenvalue weighted by Gasteiger charge is 2.30. The number of nitrogens with zero attached hydrogens (tertiary/aromatic N) is 2. The van der Waals surface area contributed by atoms with E-state index in [1.807, 2.05) is 31.2 Å². The van der Waals surface area contributed by atoms with E-state index in [2.05, 4.69) is 15.7 Å². The van der Waals surface area contributed by atoms with Crippen molar-refractivity contribution in [3.8, 4) is 5.69 Å². The smallest absolute Gasteiger partial charge is 0.272 e. The lowest BCUT2D eigenvalue weighted by Gasteiger charge is -2.17. The average Bonchev–Trinajstić information content (AvgIpc) is 3.37. The zero-order valence-electron chi connectivity index (χ0n) is 17.2. The van der Waals surface area contributed by atoms with Gasteiger partial charge in [0, 0.05) is 18.3 Å². The Labute approximate surface area is 178 Å². The number of carbonyl (C=O) groups excluding carboxylic acids is 2. The molecule has 1 aliphatic carbocycles. The van der Waals surface area contributed by atoms with Gasteiger partial charge in [-0.05, 0) is 56.0 Å². The number of hydrogen-bond acceptors (Lipinski definition) is 3. The highest BCUT2D eigenvalue weighted by molar-refractivity contribution is 5.98. The van der Waals surface area contributed by atoms with Gasteiger partial charge in [-0.25, -0.2) is 13.5 Å². The number of rotatable bonds is 5. The third kappa shape index (κ3) is 3.93. The molecular weight excluding hydrogens is 402 g/mol. The van der Waals surface area contributed by atoms with Crippen molar-refractivity contribution in [3.63, 3.8) is 0 Å². The zero-order chi connectivity index (χ0) is 22.1. The summed E-state index contributed by atoms with van der Waals surface area (Å²) >= 11 is 0. The monoisotopic (exact) mass is 424 g/mol. The summed E-state index contributed by atoms with van der Waals surface area (Å²) in [6.07, 6.45) is 2.41. The average molecular weight is 424 g/mol. The molecule has 0 fully saturated rings. The van der Waals surface area contributed by atoms with Crippen molar-refractivity contribution < 1.29 is 18.4 Å². The molecule has 2 N–H and O–H groups in total. The molecule has 31 heavy (non-hydrogen) atoms. The second kappa shape index (κ2) is 8.29. The quantitative estimate of drug-likeness (QED) is 0.661. The number of hydrogen-bond donors (Lipinski definition) is 2. The molecule has 1 heterocycles. The summed E-state index contributed by atoms with van der Waals surface area (Å²) < 4.78 is 28.8. The number of carbonyl (C=O) groups is 2. The summed E-state index contributed by atoms with van der Waals surface area (Å²) in [7, 11) is 1.41. The molecule has 0 radical (unpaired) electrons. The van der Waals surface area contributed by atoms with Crippen LogP contribution in [-0.4, -0.2) is 28.6 Å². The van der Waals surface area contributed by atoms with Crippen LogP contribution in [0.3, 0.4) is 0 Å². The lowest BCUT2D eigenvalue weighted by molar-refractivity contribution is -0.122. The van der Waals surface area contributed by atoms with Crippen molar-refractivity contribution in [1.29, 1.82) is 0 Å². The Balaban J connectivity index is 1.68. The van der Waals surface area contributed by atoms with Gasteiger partial charge in [0.25, 0.3) is 5.91 Å². The van der Waals surface area contributed by atoms with Crippen molar-refractivity contribution in [2.24, 2.45) is 0 Å². The van der Waals surface area contributed by atoms with Gasteiger partial charge < -0.3 is 10.6 Å². The van der Waals surface area contributed by atoms with Crippen LogP contribution in [0.15, 0.2) is 42.5 Å². The molecule has 3 aromatic rings. The first-order valence-corrected chi connectivity index (χ1v) is 10.0. The highest BCUT2D eigenvalue weighted by Crippen LogP contribution is 2.28. The van der Waals surface area contributed by atoms with Crippen LogP contribution in [0.5, 0.6) is 0 Å². The summed E-state index contributed by atoms with van der Waals surface area (Å²) in [4.78, 5) is 25.5. The molecule has 1 aliphatic rings. The van der Waals surface area contributed by atoms with Gasteiger partial charge >= 0.3 is 0 Å². The third-order valence-electron chi connectivity index (χ3n) is 5.48. The van der Waals surface area contributed by atoms with Gasteiger partial charge in [-0.15, -0.1) is 0 Å². The fraction of sp³-hybridized carbons (Fsp3) is 0.261. The van der Waals surface area contributed by atoms with Crippen molar-refractivity contribution >= 4 is 11.8 Å². The van der Waals surface area contributed by atoms with E-state index in [1.165, 1.54) is 13.1 Å². The van der Waals surface area contributed by atoms with E-state index in [4.69, 9.17) is 0 Å². The van der Waals surface area contributed by atoms with E-state index < -0.39 is 29.5 Å². The topological polar surface area (TPSA) is 76.0 Å². The van der Waals surface area contributed by atoms with E-state index in [9.17, 15) is 18.4 Å². The molecule has 6 nitrogen and oxygen atoms in total. The van der Waals surface area contributed by atoms with Crippen LogP contribution in [0.2, 0.25) is 0 Å².